The van der Waals surface area contributed by atoms with Gasteiger partial charge in [0.05, 0.1) is 4.47 Å². The van der Waals surface area contributed by atoms with Gasteiger partial charge in [-0.05, 0) is 52.2 Å². The summed E-state index contributed by atoms with van der Waals surface area (Å²) in [5.41, 5.74) is 1.74. The molecule has 0 amide bonds. The Labute approximate surface area is 125 Å². The van der Waals surface area contributed by atoms with Gasteiger partial charge in [-0.25, -0.2) is 8.78 Å². The van der Waals surface area contributed by atoms with Crippen LogP contribution in [0, 0.1) is 11.6 Å². The molecule has 106 valence electrons. The van der Waals surface area contributed by atoms with Crippen LogP contribution in [-0.2, 0) is 6.42 Å². The third kappa shape index (κ3) is 3.41. The Kier molecular flexibility index (Phi) is 5.20. The summed E-state index contributed by atoms with van der Waals surface area (Å²) in [7, 11) is 0. The van der Waals surface area contributed by atoms with Gasteiger partial charge in [-0.2, -0.15) is 0 Å². The van der Waals surface area contributed by atoms with Crippen LogP contribution < -0.4 is 5.32 Å². The molecule has 0 fully saturated rings. The van der Waals surface area contributed by atoms with Gasteiger partial charge in [-0.15, -0.1) is 0 Å². The van der Waals surface area contributed by atoms with Gasteiger partial charge in [0, 0.05) is 18.4 Å². The summed E-state index contributed by atoms with van der Waals surface area (Å²) in [6.45, 7) is 2.71. The third-order valence-corrected chi connectivity index (χ3v) is 3.86. The van der Waals surface area contributed by atoms with Gasteiger partial charge >= 0.3 is 0 Å². The molecule has 2 rings (SSSR count). The molecule has 0 saturated carbocycles. The zero-order valence-electron chi connectivity index (χ0n) is 11.0. The molecule has 1 atom stereocenters. The van der Waals surface area contributed by atoms with E-state index in [2.05, 4.69) is 26.2 Å². The number of halogens is 3. The van der Waals surface area contributed by atoms with E-state index in [-0.39, 0.29) is 10.5 Å². The van der Waals surface area contributed by atoms with Gasteiger partial charge in [0.15, 0.2) is 11.6 Å². The number of likely N-dealkylation sites (N-methyl/N-ethyl adjacent to an activating group) is 1. The van der Waals surface area contributed by atoms with Crippen LogP contribution in [0.4, 0.5) is 8.78 Å². The number of hydrogen-bond donors (Lipinski definition) is 1. The first-order valence-corrected chi connectivity index (χ1v) is 7.18. The van der Waals surface area contributed by atoms with Crippen molar-refractivity contribution in [2.75, 3.05) is 6.54 Å². The second kappa shape index (κ2) is 6.90. The predicted octanol–water partition coefficient (Wildman–Crippen LogP) is 4.02. The van der Waals surface area contributed by atoms with E-state index in [9.17, 15) is 8.78 Å². The predicted molar refractivity (Wildman–Crippen MR) is 78.4 cm³/mol. The number of aromatic nitrogens is 1. The third-order valence-electron chi connectivity index (χ3n) is 3.05. The Morgan fingerprint density at radius 3 is 2.75 bits per heavy atom. The highest BCUT2D eigenvalue weighted by molar-refractivity contribution is 9.10. The Morgan fingerprint density at radius 1 is 1.30 bits per heavy atom. The molecule has 1 aromatic carbocycles. The lowest BCUT2D eigenvalue weighted by Crippen LogP contribution is -2.23. The molecule has 2 aromatic rings. The van der Waals surface area contributed by atoms with Crippen LogP contribution in [-0.4, -0.2) is 11.5 Å². The minimum absolute atomic E-state index is 0.103. The second-order valence-electron chi connectivity index (χ2n) is 4.44. The molecule has 0 aliphatic carbocycles. The first-order chi connectivity index (χ1) is 9.63. The molecule has 1 N–H and O–H groups in total. The molecule has 0 aliphatic rings. The van der Waals surface area contributed by atoms with Crippen LogP contribution in [0.3, 0.4) is 0 Å². The average molecular weight is 341 g/mol. The van der Waals surface area contributed by atoms with E-state index in [1.165, 1.54) is 0 Å². The number of rotatable bonds is 5. The summed E-state index contributed by atoms with van der Waals surface area (Å²) in [4.78, 5) is 4.07. The number of nitrogens with zero attached hydrogens (tertiary/aromatic N) is 1. The smallest absolute Gasteiger partial charge is 0.173 e. The zero-order valence-corrected chi connectivity index (χ0v) is 12.6. The van der Waals surface area contributed by atoms with E-state index < -0.39 is 11.6 Å². The molecule has 0 radical (unpaired) electrons. The van der Waals surface area contributed by atoms with Crippen molar-refractivity contribution in [1.29, 1.82) is 0 Å². The normalized spacial score (nSPS) is 12.4. The maximum atomic E-state index is 13.7. The summed E-state index contributed by atoms with van der Waals surface area (Å²) < 4.78 is 27.0. The summed E-state index contributed by atoms with van der Waals surface area (Å²) in [6.07, 6.45) is 4.14. The van der Waals surface area contributed by atoms with Crippen LogP contribution in [0.15, 0.2) is 41.1 Å². The van der Waals surface area contributed by atoms with Gasteiger partial charge in [0.25, 0.3) is 0 Å². The number of hydrogen-bond acceptors (Lipinski definition) is 2. The molecule has 0 bridgehead atoms. The Balaban J connectivity index is 2.31. The maximum Gasteiger partial charge on any atom is 0.173 e. The monoisotopic (exact) mass is 340 g/mol. The average Bonchev–Trinajstić information content (AvgIpc) is 2.46. The molecule has 0 spiro atoms. The molecule has 0 aliphatic heterocycles. The molecular formula is C15H15BrF2N2. The van der Waals surface area contributed by atoms with Gasteiger partial charge < -0.3 is 5.32 Å². The van der Waals surface area contributed by atoms with Crippen molar-refractivity contribution in [3.05, 3.63) is 63.9 Å². The highest BCUT2D eigenvalue weighted by Crippen LogP contribution is 2.29. The van der Waals surface area contributed by atoms with Crippen LogP contribution in [0.5, 0.6) is 0 Å². The first kappa shape index (κ1) is 15.1. The van der Waals surface area contributed by atoms with Crippen LogP contribution >= 0.6 is 15.9 Å². The van der Waals surface area contributed by atoms with E-state index in [1.54, 1.807) is 18.5 Å². The quantitative estimate of drug-likeness (QED) is 0.831. The van der Waals surface area contributed by atoms with Crippen molar-refractivity contribution < 1.29 is 8.78 Å². The van der Waals surface area contributed by atoms with Crippen molar-refractivity contribution in [1.82, 2.24) is 10.3 Å². The van der Waals surface area contributed by atoms with Gasteiger partial charge in [-0.3, -0.25) is 4.98 Å². The highest BCUT2D eigenvalue weighted by Gasteiger charge is 2.19. The van der Waals surface area contributed by atoms with E-state index in [0.717, 1.165) is 18.2 Å². The second-order valence-corrected chi connectivity index (χ2v) is 5.23. The molecule has 2 nitrogen and oxygen atoms in total. The van der Waals surface area contributed by atoms with Crippen molar-refractivity contribution in [2.24, 2.45) is 0 Å². The summed E-state index contributed by atoms with van der Waals surface area (Å²) >= 11 is 3.14. The SMILES string of the molecule is CCNC(Cc1cccnc1)c1ccc(F)c(F)c1Br. The van der Waals surface area contributed by atoms with E-state index >= 15 is 0 Å². The topological polar surface area (TPSA) is 24.9 Å². The van der Waals surface area contributed by atoms with Gasteiger partial charge in [0.2, 0.25) is 0 Å². The minimum Gasteiger partial charge on any atom is -0.310 e. The van der Waals surface area contributed by atoms with E-state index in [0.29, 0.717) is 12.0 Å². The van der Waals surface area contributed by atoms with Crippen LogP contribution in [0.25, 0.3) is 0 Å². The fourth-order valence-corrected chi connectivity index (χ4v) is 2.70. The molecule has 20 heavy (non-hydrogen) atoms. The molecule has 1 heterocycles. The van der Waals surface area contributed by atoms with Gasteiger partial charge in [-0.1, -0.05) is 19.1 Å². The lowest BCUT2D eigenvalue weighted by molar-refractivity contribution is 0.491. The lowest BCUT2D eigenvalue weighted by atomic mass is 9.99. The number of benzene rings is 1. The standard InChI is InChI=1S/C15H15BrF2N2/c1-2-20-13(8-10-4-3-7-19-9-10)11-5-6-12(17)15(18)14(11)16/h3-7,9,13,20H,2,8H2,1H3. The zero-order chi connectivity index (χ0) is 14.5. The fourth-order valence-electron chi connectivity index (χ4n) is 2.10. The molecule has 1 aromatic heterocycles. The van der Waals surface area contributed by atoms with Crippen LogP contribution in [0.1, 0.15) is 24.1 Å². The number of nitrogens with one attached hydrogen (secondary N) is 1. The lowest BCUT2D eigenvalue weighted by Gasteiger charge is -2.20. The van der Waals surface area contributed by atoms with E-state index in [1.807, 2.05) is 19.1 Å². The van der Waals surface area contributed by atoms with Crippen molar-refractivity contribution >= 4 is 15.9 Å². The minimum atomic E-state index is -0.850. The summed E-state index contributed by atoms with van der Waals surface area (Å²) in [5.74, 6) is -1.70. The highest BCUT2D eigenvalue weighted by atomic mass is 79.9. The Hall–Kier alpha value is -1.33. The summed E-state index contributed by atoms with van der Waals surface area (Å²) in [5, 5.41) is 3.29. The largest absolute Gasteiger partial charge is 0.310 e. The van der Waals surface area contributed by atoms with E-state index in [4.69, 9.17) is 0 Å². The van der Waals surface area contributed by atoms with Crippen molar-refractivity contribution in [3.63, 3.8) is 0 Å². The first-order valence-electron chi connectivity index (χ1n) is 6.39. The Morgan fingerprint density at radius 2 is 2.10 bits per heavy atom. The van der Waals surface area contributed by atoms with Gasteiger partial charge in [0.1, 0.15) is 0 Å². The maximum absolute atomic E-state index is 13.7. The van der Waals surface area contributed by atoms with Crippen LogP contribution in [0.2, 0.25) is 0 Å². The Bertz CT molecular complexity index is 576. The molecular weight excluding hydrogens is 326 g/mol. The molecule has 1 unspecified atom stereocenters. The van der Waals surface area contributed by atoms with Crippen molar-refractivity contribution in [2.45, 2.75) is 19.4 Å². The number of pyridine rings is 1. The summed E-state index contributed by atoms with van der Waals surface area (Å²) in [6, 6.07) is 6.48. The fraction of sp³-hybridized carbons (Fsp3) is 0.267. The van der Waals surface area contributed by atoms with Crippen molar-refractivity contribution in [3.8, 4) is 0 Å². The molecule has 0 saturated heterocycles. The molecule has 5 heteroatoms.